The summed E-state index contributed by atoms with van der Waals surface area (Å²) in [5.74, 6) is 0. The Kier molecular flexibility index (Phi) is 3.49. The summed E-state index contributed by atoms with van der Waals surface area (Å²) in [6, 6.07) is -0.373. The molecule has 0 spiro atoms. The van der Waals surface area contributed by atoms with Crippen molar-refractivity contribution in [2.45, 2.75) is 12.1 Å². The third kappa shape index (κ3) is 2.06. The molecule has 2 N–H and O–H groups in total. The van der Waals surface area contributed by atoms with Crippen LogP contribution in [0.25, 0.3) is 0 Å². The molecule has 0 radical (unpaired) electrons. The van der Waals surface area contributed by atoms with Crippen LogP contribution in [0.15, 0.2) is 0 Å². The molecule has 2 atom stereocenters. The van der Waals surface area contributed by atoms with Crippen molar-refractivity contribution in [2.75, 3.05) is 34.2 Å². The van der Waals surface area contributed by atoms with E-state index in [0.29, 0.717) is 13.1 Å². The molecule has 1 rings (SSSR count). The molecule has 1 aliphatic heterocycles. The molecular weight excluding hydrogens is 206 g/mol. The number of aliphatic hydroxyl groups excluding tert-OH is 1. The van der Waals surface area contributed by atoms with Crippen molar-refractivity contribution in [2.24, 2.45) is 0 Å². The van der Waals surface area contributed by atoms with E-state index in [-0.39, 0.29) is 6.04 Å². The second kappa shape index (κ2) is 4.11. The van der Waals surface area contributed by atoms with Gasteiger partial charge in [0.1, 0.15) is 0 Å². The van der Waals surface area contributed by atoms with Crippen LogP contribution in [-0.4, -0.2) is 68.5 Å². The molecule has 6 nitrogen and oxygen atoms in total. The van der Waals surface area contributed by atoms with Crippen molar-refractivity contribution in [1.82, 2.24) is 13.9 Å². The van der Waals surface area contributed by atoms with Crippen LogP contribution in [0.3, 0.4) is 0 Å². The molecule has 1 fully saturated rings. The molecule has 0 saturated carbocycles. The lowest BCUT2D eigenvalue weighted by atomic mass is 10.2. The van der Waals surface area contributed by atoms with E-state index in [0.717, 1.165) is 4.31 Å². The molecule has 0 bridgehead atoms. The lowest BCUT2D eigenvalue weighted by Crippen LogP contribution is -2.48. The minimum Gasteiger partial charge on any atom is -0.390 e. The van der Waals surface area contributed by atoms with Crippen molar-refractivity contribution in [1.29, 1.82) is 0 Å². The third-order valence-electron chi connectivity index (χ3n) is 2.44. The van der Waals surface area contributed by atoms with Crippen LogP contribution < -0.4 is 5.32 Å². The van der Waals surface area contributed by atoms with Crippen LogP contribution >= 0.6 is 0 Å². The predicted molar refractivity (Wildman–Crippen MR) is 53.0 cm³/mol. The van der Waals surface area contributed by atoms with Crippen LogP contribution in [0.1, 0.15) is 0 Å². The highest BCUT2D eigenvalue weighted by atomic mass is 32.2. The Labute approximate surface area is 84.7 Å². The fourth-order valence-electron chi connectivity index (χ4n) is 1.45. The molecular formula is C7H17N3O3S. The molecule has 84 valence electrons. The molecule has 0 aromatic rings. The second-order valence-corrected chi connectivity index (χ2v) is 5.80. The van der Waals surface area contributed by atoms with E-state index in [2.05, 4.69) is 5.32 Å². The van der Waals surface area contributed by atoms with Gasteiger partial charge in [-0.25, -0.2) is 0 Å². The zero-order valence-electron chi connectivity index (χ0n) is 8.64. The van der Waals surface area contributed by atoms with Gasteiger partial charge < -0.3 is 10.4 Å². The van der Waals surface area contributed by atoms with Crippen molar-refractivity contribution in [3.63, 3.8) is 0 Å². The van der Waals surface area contributed by atoms with Crippen LogP contribution in [0.4, 0.5) is 0 Å². The molecule has 0 amide bonds. The Hall–Kier alpha value is -0.210. The van der Waals surface area contributed by atoms with Gasteiger partial charge in [0.25, 0.3) is 10.2 Å². The van der Waals surface area contributed by atoms with Gasteiger partial charge in [0.15, 0.2) is 0 Å². The number of β-amino-alcohol motifs (C(OH)–C–C–N with tert-alkyl or cyclic N) is 1. The predicted octanol–water partition coefficient (Wildman–Crippen LogP) is -1.94. The first-order chi connectivity index (χ1) is 6.37. The van der Waals surface area contributed by atoms with Gasteiger partial charge in [0.05, 0.1) is 12.1 Å². The highest BCUT2D eigenvalue weighted by Gasteiger charge is 2.35. The SMILES string of the molecule is CN(C)S(=O)(=O)N(C)C1CNCC1O. The monoisotopic (exact) mass is 223 g/mol. The molecule has 1 aliphatic rings. The number of nitrogens with one attached hydrogen (secondary N) is 1. The molecule has 14 heavy (non-hydrogen) atoms. The average molecular weight is 223 g/mol. The molecule has 0 aliphatic carbocycles. The summed E-state index contributed by atoms with van der Waals surface area (Å²) in [4.78, 5) is 0. The number of rotatable bonds is 3. The highest BCUT2D eigenvalue weighted by molar-refractivity contribution is 7.86. The zero-order chi connectivity index (χ0) is 10.9. The lowest BCUT2D eigenvalue weighted by Gasteiger charge is -2.28. The largest absolute Gasteiger partial charge is 0.390 e. The van der Waals surface area contributed by atoms with Crippen molar-refractivity contribution in [3.05, 3.63) is 0 Å². The minimum atomic E-state index is -3.43. The summed E-state index contributed by atoms with van der Waals surface area (Å²) in [5, 5.41) is 12.5. The standard InChI is InChI=1S/C7H17N3O3S/c1-9(2)14(12,13)10(3)6-4-8-5-7(6)11/h6-8,11H,4-5H2,1-3H3. The van der Waals surface area contributed by atoms with Crippen molar-refractivity contribution < 1.29 is 13.5 Å². The summed E-state index contributed by atoms with van der Waals surface area (Å²) < 4.78 is 25.7. The van der Waals surface area contributed by atoms with E-state index in [1.165, 1.54) is 25.4 Å². The number of hydrogen-bond acceptors (Lipinski definition) is 4. The smallest absolute Gasteiger partial charge is 0.281 e. The van der Waals surface area contributed by atoms with Gasteiger partial charge in [-0.3, -0.25) is 0 Å². The van der Waals surface area contributed by atoms with Crippen molar-refractivity contribution >= 4 is 10.2 Å². The van der Waals surface area contributed by atoms with E-state index < -0.39 is 16.3 Å². The topological polar surface area (TPSA) is 72.9 Å². The second-order valence-electron chi connectivity index (χ2n) is 3.60. The molecule has 0 aromatic carbocycles. The van der Waals surface area contributed by atoms with E-state index in [1.54, 1.807) is 0 Å². The average Bonchev–Trinajstić information content (AvgIpc) is 2.49. The minimum absolute atomic E-state index is 0.373. The number of nitrogens with zero attached hydrogens (tertiary/aromatic N) is 2. The van der Waals surface area contributed by atoms with Gasteiger partial charge in [-0.2, -0.15) is 17.0 Å². The summed E-state index contributed by atoms with van der Waals surface area (Å²) in [5.41, 5.74) is 0. The van der Waals surface area contributed by atoms with Gasteiger partial charge in [-0.15, -0.1) is 0 Å². The molecule has 0 aromatic heterocycles. The maximum atomic E-state index is 11.7. The number of aliphatic hydroxyl groups is 1. The maximum absolute atomic E-state index is 11.7. The van der Waals surface area contributed by atoms with Crippen LogP contribution in [0.5, 0.6) is 0 Å². The maximum Gasteiger partial charge on any atom is 0.281 e. The zero-order valence-corrected chi connectivity index (χ0v) is 9.45. The summed E-state index contributed by atoms with van der Waals surface area (Å²) in [6.45, 7) is 0.933. The third-order valence-corrected chi connectivity index (χ3v) is 4.37. The Balaban J connectivity index is 2.79. The first-order valence-electron chi connectivity index (χ1n) is 4.41. The molecule has 1 saturated heterocycles. The van der Waals surface area contributed by atoms with Gasteiger partial charge in [-0.05, 0) is 0 Å². The Morgan fingerprint density at radius 2 is 1.86 bits per heavy atom. The van der Waals surface area contributed by atoms with Gasteiger partial charge >= 0.3 is 0 Å². The van der Waals surface area contributed by atoms with Gasteiger partial charge in [0.2, 0.25) is 0 Å². The Bertz CT molecular complexity index is 291. The van der Waals surface area contributed by atoms with E-state index in [4.69, 9.17) is 0 Å². The van der Waals surface area contributed by atoms with Crippen LogP contribution in [0, 0.1) is 0 Å². The first kappa shape index (κ1) is 11.9. The summed E-state index contributed by atoms with van der Waals surface area (Å²) >= 11 is 0. The van der Waals surface area contributed by atoms with Gasteiger partial charge in [0, 0.05) is 34.2 Å². The number of likely N-dealkylation sites (N-methyl/N-ethyl adjacent to an activating group) is 1. The first-order valence-corrected chi connectivity index (χ1v) is 5.81. The fraction of sp³-hybridized carbons (Fsp3) is 1.00. The lowest BCUT2D eigenvalue weighted by molar-refractivity contribution is 0.134. The van der Waals surface area contributed by atoms with E-state index in [1.807, 2.05) is 0 Å². The van der Waals surface area contributed by atoms with E-state index in [9.17, 15) is 13.5 Å². The van der Waals surface area contributed by atoms with Crippen LogP contribution in [0.2, 0.25) is 0 Å². The number of hydrogen-bond donors (Lipinski definition) is 2. The quantitative estimate of drug-likeness (QED) is 0.584. The van der Waals surface area contributed by atoms with Crippen molar-refractivity contribution in [3.8, 4) is 0 Å². The highest BCUT2D eigenvalue weighted by Crippen LogP contribution is 2.12. The summed E-state index contributed by atoms with van der Waals surface area (Å²) in [7, 11) is 1.00. The van der Waals surface area contributed by atoms with Gasteiger partial charge in [-0.1, -0.05) is 0 Å². The molecule has 1 heterocycles. The molecule has 7 heteroatoms. The molecule has 2 unspecified atom stereocenters. The Morgan fingerprint density at radius 1 is 1.29 bits per heavy atom. The van der Waals surface area contributed by atoms with E-state index >= 15 is 0 Å². The normalized spacial score (nSPS) is 29.0. The fourth-order valence-corrected chi connectivity index (χ4v) is 2.52. The van der Waals surface area contributed by atoms with Crippen LogP contribution in [-0.2, 0) is 10.2 Å². The summed E-state index contributed by atoms with van der Waals surface area (Å²) in [6.07, 6.45) is -0.630. The Morgan fingerprint density at radius 3 is 2.21 bits per heavy atom.